The molecule has 1 atom stereocenters. The number of nitro groups is 2. The lowest BCUT2D eigenvalue weighted by Crippen LogP contribution is -2.54. The van der Waals surface area contributed by atoms with E-state index in [0.29, 0.717) is 11.5 Å². The third-order valence-electron chi connectivity index (χ3n) is 7.04. The first-order valence-electron chi connectivity index (χ1n) is 12.1. The van der Waals surface area contributed by atoms with Crippen LogP contribution in [-0.2, 0) is 9.84 Å². The lowest BCUT2D eigenvalue weighted by molar-refractivity contribution is -0.777. The molecule has 0 heterocycles. The lowest BCUT2D eigenvalue weighted by atomic mass is 9.76. The predicted octanol–water partition coefficient (Wildman–Crippen LogP) is 4.53. The normalized spacial score (nSPS) is 16.7. The van der Waals surface area contributed by atoms with Crippen molar-refractivity contribution in [2.24, 2.45) is 0 Å². The van der Waals surface area contributed by atoms with Crippen LogP contribution in [0.4, 0.5) is 0 Å². The van der Waals surface area contributed by atoms with Crippen molar-refractivity contribution >= 4 is 21.2 Å². The van der Waals surface area contributed by atoms with Gasteiger partial charge in [0.25, 0.3) is 0 Å². The van der Waals surface area contributed by atoms with Gasteiger partial charge in [-0.25, -0.2) is 8.42 Å². The Bertz CT molecular complexity index is 1580. The van der Waals surface area contributed by atoms with Gasteiger partial charge in [0, 0.05) is 11.1 Å². The Labute approximate surface area is 230 Å². The number of hydrogen-bond acceptors (Lipinski definition) is 9. The highest BCUT2D eigenvalue weighted by Gasteiger charge is 2.66. The standard InChI is InChI=1S/C28H26N2O9S/c1-18-4-14-23(15-5-18)40(36,37)24-16-25(27(31)20-8-12-22(39-3)13-9-20)26(19-6-10-21(38-2)11-7-19)28(17-24,29(32)33)30(34)35/h4-15,24H,16-17H2,1-3H3/t24-/m1/s1. The van der Waals surface area contributed by atoms with Gasteiger partial charge in [-0.2, -0.15) is 0 Å². The number of hydrogen-bond donors (Lipinski definition) is 0. The molecule has 1 aliphatic carbocycles. The highest BCUT2D eigenvalue weighted by Crippen LogP contribution is 2.47. The quantitative estimate of drug-likeness (QED) is 0.157. The zero-order valence-corrected chi connectivity index (χ0v) is 22.7. The molecule has 0 fully saturated rings. The number of aryl methyl sites for hydroxylation is 1. The first kappa shape index (κ1) is 28.4. The molecule has 3 aromatic rings. The molecule has 208 valence electrons. The minimum Gasteiger partial charge on any atom is -0.497 e. The van der Waals surface area contributed by atoms with E-state index in [2.05, 4.69) is 0 Å². The second-order valence-corrected chi connectivity index (χ2v) is 11.6. The van der Waals surface area contributed by atoms with Crippen LogP contribution in [0, 0.1) is 27.2 Å². The van der Waals surface area contributed by atoms with Gasteiger partial charge in [0.05, 0.1) is 24.4 Å². The van der Waals surface area contributed by atoms with E-state index in [0.717, 1.165) is 5.56 Å². The Balaban J connectivity index is 2.02. The number of carbonyl (C=O) groups excluding carboxylic acids is 1. The topological polar surface area (TPSA) is 156 Å². The van der Waals surface area contributed by atoms with E-state index in [1.165, 1.54) is 74.9 Å². The number of allylic oxidation sites excluding steroid dienone is 1. The fourth-order valence-electron chi connectivity index (χ4n) is 4.89. The number of benzene rings is 3. The van der Waals surface area contributed by atoms with E-state index in [-0.39, 0.29) is 21.6 Å². The summed E-state index contributed by atoms with van der Waals surface area (Å²) in [5.41, 5.74) is -3.01. The van der Waals surface area contributed by atoms with E-state index in [1.807, 2.05) is 0 Å². The van der Waals surface area contributed by atoms with E-state index in [4.69, 9.17) is 9.47 Å². The molecule has 0 saturated carbocycles. The summed E-state index contributed by atoms with van der Waals surface area (Å²) in [6, 6.07) is 17.3. The fraction of sp³-hybridized carbons (Fsp3) is 0.250. The van der Waals surface area contributed by atoms with E-state index < -0.39 is 54.8 Å². The Hall–Kier alpha value is -4.58. The number of ketones is 1. The first-order chi connectivity index (χ1) is 18.9. The molecule has 0 aromatic heterocycles. The maximum atomic E-state index is 13.9. The SMILES string of the molecule is COc1ccc(C(=O)C2=C(c3ccc(OC)cc3)C([N+](=O)[O-])([N+](=O)[O-])C[C@H](S(=O)(=O)c3ccc(C)cc3)C2)cc1. The average Bonchev–Trinajstić information content (AvgIpc) is 2.96. The largest absolute Gasteiger partial charge is 0.497 e. The molecular weight excluding hydrogens is 540 g/mol. The molecule has 3 aromatic carbocycles. The molecule has 0 bridgehead atoms. The number of nitrogens with zero attached hydrogens (tertiary/aromatic N) is 2. The molecule has 0 radical (unpaired) electrons. The summed E-state index contributed by atoms with van der Waals surface area (Å²) in [5.74, 6) is 0.0653. The van der Waals surface area contributed by atoms with E-state index in [9.17, 15) is 33.4 Å². The van der Waals surface area contributed by atoms with Crippen molar-refractivity contribution in [3.8, 4) is 11.5 Å². The average molecular weight is 567 g/mol. The highest BCUT2D eigenvalue weighted by molar-refractivity contribution is 7.92. The molecule has 0 spiro atoms. The van der Waals surface area contributed by atoms with Gasteiger partial charge in [-0.15, -0.1) is 0 Å². The maximum Gasteiger partial charge on any atom is 0.486 e. The molecule has 0 aliphatic heterocycles. The summed E-state index contributed by atoms with van der Waals surface area (Å²) in [6.07, 6.45) is -1.43. The third-order valence-corrected chi connectivity index (χ3v) is 9.18. The molecular formula is C28H26N2O9S. The van der Waals surface area contributed by atoms with Crippen LogP contribution in [0.5, 0.6) is 11.5 Å². The Morgan fingerprint density at radius 2 is 1.35 bits per heavy atom. The number of Topliss-reactive ketones (excluding diaryl/α,β-unsaturated/α-hetero) is 1. The second kappa shape index (κ2) is 10.9. The van der Waals surface area contributed by atoms with Crippen molar-refractivity contribution in [1.29, 1.82) is 0 Å². The Kier molecular flexibility index (Phi) is 7.74. The van der Waals surface area contributed by atoms with Gasteiger partial charge in [0.2, 0.25) is 0 Å². The maximum absolute atomic E-state index is 13.9. The number of carbonyl (C=O) groups is 1. The number of ether oxygens (including phenoxy) is 2. The number of methoxy groups -OCH3 is 2. The van der Waals surface area contributed by atoms with Crippen LogP contribution >= 0.6 is 0 Å². The number of sulfone groups is 1. The van der Waals surface area contributed by atoms with Crippen LogP contribution in [-0.4, -0.2) is 49.2 Å². The monoisotopic (exact) mass is 566 g/mol. The molecule has 0 amide bonds. The van der Waals surface area contributed by atoms with Crippen molar-refractivity contribution in [3.63, 3.8) is 0 Å². The minimum atomic E-state index is -4.33. The summed E-state index contributed by atoms with van der Waals surface area (Å²) in [6.45, 7) is 1.76. The molecule has 0 unspecified atom stereocenters. The van der Waals surface area contributed by atoms with Crippen LogP contribution in [0.1, 0.15) is 34.3 Å². The van der Waals surface area contributed by atoms with Crippen molar-refractivity contribution in [2.45, 2.75) is 35.6 Å². The van der Waals surface area contributed by atoms with Gasteiger partial charge in [-0.05, 0) is 67.4 Å². The lowest BCUT2D eigenvalue weighted by Gasteiger charge is -2.31. The van der Waals surface area contributed by atoms with Crippen LogP contribution in [0.15, 0.2) is 83.3 Å². The zero-order valence-electron chi connectivity index (χ0n) is 21.9. The first-order valence-corrected chi connectivity index (χ1v) is 13.7. The summed E-state index contributed by atoms with van der Waals surface area (Å²) in [7, 11) is -1.48. The van der Waals surface area contributed by atoms with Crippen molar-refractivity contribution in [3.05, 3.63) is 115 Å². The molecule has 4 rings (SSSR count). The summed E-state index contributed by atoms with van der Waals surface area (Å²) in [4.78, 5) is 36.9. The van der Waals surface area contributed by atoms with Crippen LogP contribution in [0.2, 0.25) is 0 Å². The molecule has 12 heteroatoms. The molecule has 1 aliphatic rings. The van der Waals surface area contributed by atoms with E-state index in [1.54, 1.807) is 19.1 Å². The van der Waals surface area contributed by atoms with Crippen LogP contribution in [0.3, 0.4) is 0 Å². The van der Waals surface area contributed by atoms with Gasteiger partial charge >= 0.3 is 5.66 Å². The Morgan fingerprint density at radius 1 is 0.850 bits per heavy atom. The van der Waals surface area contributed by atoms with Gasteiger partial charge in [-0.3, -0.25) is 25.0 Å². The van der Waals surface area contributed by atoms with Gasteiger partial charge in [0.15, 0.2) is 15.6 Å². The molecule has 11 nitrogen and oxygen atoms in total. The van der Waals surface area contributed by atoms with Crippen molar-refractivity contribution in [2.75, 3.05) is 14.2 Å². The van der Waals surface area contributed by atoms with Gasteiger partial charge in [-0.1, -0.05) is 29.8 Å². The predicted molar refractivity (Wildman–Crippen MR) is 145 cm³/mol. The van der Waals surface area contributed by atoms with Gasteiger partial charge in [0.1, 0.15) is 33.3 Å². The summed E-state index contributed by atoms with van der Waals surface area (Å²) < 4.78 is 37.7. The minimum absolute atomic E-state index is 0.0391. The highest BCUT2D eigenvalue weighted by atomic mass is 32.2. The van der Waals surface area contributed by atoms with Crippen LogP contribution < -0.4 is 9.47 Å². The third kappa shape index (κ3) is 4.93. The molecule has 0 N–H and O–H groups in total. The van der Waals surface area contributed by atoms with E-state index >= 15 is 0 Å². The summed E-state index contributed by atoms with van der Waals surface area (Å²) in [5, 5.41) is 23.7. The van der Waals surface area contributed by atoms with Crippen molar-refractivity contribution < 1.29 is 32.5 Å². The number of rotatable bonds is 9. The summed E-state index contributed by atoms with van der Waals surface area (Å²) >= 11 is 0. The Morgan fingerprint density at radius 3 is 1.82 bits per heavy atom. The molecule has 0 saturated heterocycles. The second-order valence-electron chi connectivity index (χ2n) is 9.36. The smallest absolute Gasteiger partial charge is 0.486 e. The van der Waals surface area contributed by atoms with Crippen LogP contribution in [0.25, 0.3) is 5.57 Å². The fourth-order valence-corrected chi connectivity index (χ4v) is 6.63. The van der Waals surface area contributed by atoms with Crippen molar-refractivity contribution in [1.82, 2.24) is 0 Å². The molecule has 40 heavy (non-hydrogen) atoms. The van der Waals surface area contributed by atoms with Gasteiger partial charge < -0.3 is 9.47 Å². The zero-order chi connectivity index (χ0) is 29.2.